The standard InChI is InChI=1S/C26H29FN4O3/c1-17(19-11-12-20(22(27)15-19)18-9-5-3-6-10-18)24-21(16-23(32)33)25(34-30-24)26(28,29-2)31-13-7-4-8-14-31/h3,5-6,9-12,15,17H,2,4,7-8,13-14,16,28H2,1H3,(H,32,33). The highest BCUT2D eigenvalue weighted by atomic mass is 19.1. The van der Waals surface area contributed by atoms with Crippen molar-refractivity contribution >= 4 is 12.7 Å². The maximum Gasteiger partial charge on any atom is 0.308 e. The molecular formula is C26H29FN4O3. The molecule has 0 saturated carbocycles. The number of rotatable bonds is 8. The van der Waals surface area contributed by atoms with Crippen molar-refractivity contribution in [2.45, 2.75) is 44.3 Å². The molecule has 2 unspecified atom stereocenters. The predicted molar refractivity (Wildman–Crippen MR) is 128 cm³/mol. The number of carbonyl (C=O) groups is 1. The zero-order valence-corrected chi connectivity index (χ0v) is 19.2. The molecule has 2 aromatic carbocycles. The zero-order valence-electron chi connectivity index (χ0n) is 19.2. The van der Waals surface area contributed by atoms with Crippen LogP contribution in [-0.2, 0) is 17.0 Å². The SMILES string of the molecule is C=NC(N)(c1onc(C(C)c2ccc(-c3ccccc3)c(F)c2)c1CC(=O)O)N1CCCCC1. The molecule has 3 N–H and O–H groups in total. The van der Waals surface area contributed by atoms with Gasteiger partial charge in [-0.2, -0.15) is 0 Å². The van der Waals surface area contributed by atoms with Crippen LogP contribution in [0.25, 0.3) is 11.1 Å². The summed E-state index contributed by atoms with van der Waals surface area (Å²) in [4.78, 5) is 17.8. The highest BCUT2D eigenvalue weighted by Crippen LogP contribution is 2.37. The third-order valence-corrected chi connectivity index (χ3v) is 6.55. The molecule has 1 aliphatic rings. The minimum Gasteiger partial charge on any atom is -0.481 e. The van der Waals surface area contributed by atoms with Crippen LogP contribution in [0.1, 0.15) is 54.7 Å². The first-order chi connectivity index (χ1) is 16.3. The first kappa shape index (κ1) is 23.8. The van der Waals surface area contributed by atoms with Crippen LogP contribution in [0, 0.1) is 5.82 Å². The molecule has 0 radical (unpaired) electrons. The van der Waals surface area contributed by atoms with Crippen molar-refractivity contribution in [1.29, 1.82) is 0 Å². The molecule has 0 aliphatic carbocycles. The topological polar surface area (TPSA) is 105 Å². The van der Waals surface area contributed by atoms with Crippen LogP contribution >= 0.6 is 0 Å². The number of nitrogens with two attached hydrogens (primary N) is 1. The van der Waals surface area contributed by atoms with Gasteiger partial charge in [-0.1, -0.05) is 61.0 Å². The molecule has 1 aromatic heterocycles. The first-order valence-electron chi connectivity index (χ1n) is 11.4. The van der Waals surface area contributed by atoms with Gasteiger partial charge in [-0.15, -0.1) is 0 Å². The minimum absolute atomic E-state index is 0.176. The fourth-order valence-electron chi connectivity index (χ4n) is 4.63. The fraction of sp³-hybridized carbons (Fsp3) is 0.346. The number of carboxylic acids is 1. The lowest BCUT2D eigenvalue weighted by Crippen LogP contribution is -2.54. The highest BCUT2D eigenvalue weighted by molar-refractivity contribution is 5.71. The molecule has 2 heterocycles. The number of benzene rings is 2. The third kappa shape index (κ3) is 4.51. The zero-order chi connectivity index (χ0) is 24.3. The van der Waals surface area contributed by atoms with Crippen molar-refractivity contribution in [3.63, 3.8) is 0 Å². The molecule has 1 aliphatic heterocycles. The number of hydrogen-bond acceptors (Lipinski definition) is 6. The quantitative estimate of drug-likeness (QED) is 0.475. The molecule has 178 valence electrons. The smallest absolute Gasteiger partial charge is 0.308 e. The molecule has 0 amide bonds. The molecule has 34 heavy (non-hydrogen) atoms. The van der Waals surface area contributed by atoms with Gasteiger partial charge in [0.1, 0.15) is 5.82 Å². The molecule has 1 saturated heterocycles. The Kier molecular flexibility index (Phi) is 6.90. The van der Waals surface area contributed by atoms with E-state index in [0.717, 1.165) is 24.8 Å². The van der Waals surface area contributed by atoms with E-state index >= 15 is 4.39 Å². The highest BCUT2D eigenvalue weighted by Gasteiger charge is 2.42. The van der Waals surface area contributed by atoms with Crippen LogP contribution in [0.2, 0.25) is 0 Å². The van der Waals surface area contributed by atoms with Crippen LogP contribution in [-0.4, -0.2) is 40.9 Å². The van der Waals surface area contributed by atoms with Gasteiger partial charge in [-0.25, -0.2) is 4.39 Å². The lowest BCUT2D eigenvalue weighted by molar-refractivity contribution is -0.136. The Bertz CT molecular complexity index is 1170. The van der Waals surface area contributed by atoms with Gasteiger partial charge in [0.05, 0.1) is 12.1 Å². The summed E-state index contributed by atoms with van der Waals surface area (Å²) >= 11 is 0. The minimum atomic E-state index is -1.42. The largest absolute Gasteiger partial charge is 0.481 e. The number of aromatic nitrogens is 1. The van der Waals surface area contributed by atoms with E-state index in [1.807, 2.05) is 48.2 Å². The Balaban J connectivity index is 1.73. The van der Waals surface area contributed by atoms with Crippen molar-refractivity contribution in [3.8, 4) is 11.1 Å². The second kappa shape index (κ2) is 9.87. The number of carboxylic acid groups (broad SMARTS) is 1. The van der Waals surface area contributed by atoms with Crippen LogP contribution < -0.4 is 5.73 Å². The van der Waals surface area contributed by atoms with E-state index < -0.39 is 17.7 Å². The van der Waals surface area contributed by atoms with Gasteiger partial charge in [-0.05, 0) is 36.8 Å². The van der Waals surface area contributed by atoms with Crippen molar-refractivity contribution in [1.82, 2.24) is 10.1 Å². The van der Waals surface area contributed by atoms with Crippen molar-refractivity contribution in [2.75, 3.05) is 13.1 Å². The number of nitrogens with zero attached hydrogens (tertiary/aromatic N) is 3. The summed E-state index contributed by atoms with van der Waals surface area (Å²) in [7, 11) is 0. The van der Waals surface area contributed by atoms with Crippen molar-refractivity contribution in [2.24, 2.45) is 10.7 Å². The first-order valence-corrected chi connectivity index (χ1v) is 11.4. The Morgan fingerprint density at radius 2 is 1.97 bits per heavy atom. The number of hydrogen-bond donors (Lipinski definition) is 2. The van der Waals surface area contributed by atoms with Gasteiger partial charge in [0.15, 0.2) is 5.76 Å². The normalized spacial score (nSPS) is 17.1. The average molecular weight is 465 g/mol. The summed E-state index contributed by atoms with van der Waals surface area (Å²) in [5.41, 5.74) is 9.32. The molecule has 3 aromatic rings. The Hall–Kier alpha value is -3.36. The number of piperidine rings is 1. The maximum atomic E-state index is 15.0. The van der Waals surface area contributed by atoms with Crippen molar-refractivity contribution in [3.05, 3.63) is 76.9 Å². The molecule has 1 fully saturated rings. The van der Waals surface area contributed by atoms with Gasteiger partial charge in [0.2, 0.25) is 5.79 Å². The third-order valence-electron chi connectivity index (χ3n) is 6.55. The molecule has 4 rings (SSSR count). The Morgan fingerprint density at radius 1 is 1.26 bits per heavy atom. The molecule has 0 spiro atoms. The van der Waals surface area contributed by atoms with E-state index in [-0.39, 0.29) is 18.0 Å². The second-order valence-corrected chi connectivity index (χ2v) is 8.70. The van der Waals surface area contributed by atoms with E-state index in [0.29, 0.717) is 35.5 Å². The van der Waals surface area contributed by atoms with Gasteiger partial charge >= 0.3 is 5.97 Å². The number of likely N-dealkylation sites (tertiary alicyclic amines) is 1. The Labute approximate surface area is 198 Å². The predicted octanol–water partition coefficient (Wildman–Crippen LogP) is 4.52. The van der Waals surface area contributed by atoms with E-state index in [4.69, 9.17) is 10.3 Å². The summed E-state index contributed by atoms with van der Waals surface area (Å²) in [6, 6.07) is 14.3. The van der Waals surface area contributed by atoms with Gasteiger partial charge < -0.3 is 9.63 Å². The Morgan fingerprint density at radius 3 is 2.59 bits per heavy atom. The number of aliphatic carboxylic acids is 1. The summed E-state index contributed by atoms with van der Waals surface area (Å²) < 4.78 is 20.7. The number of aliphatic imine (C=N–C) groups is 1. The van der Waals surface area contributed by atoms with Crippen LogP contribution in [0.15, 0.2) is 58.0 Å². The van der Waals surface area contributed by atoms with Crippen LogP contribution in [0.3, 0.4) is 0 Å². The van der Waals surface area contributed by atoms with Gasteiger partial charge in [0, 0.05) is 30.1 Å². The summed E-state index contributed by atoms with van der Waals surface area (Å²) in [5.74, 6) is -3.09. The van der Waals surface area contributed by atoms with E-state index in [1.54, 1.807) is 6.07 Å². The molecule has 2 atom stereocenters. The van der Waals surface area contributed by atoms with Crippen LogP contribution in [0.5, 0.6) is 0 Å². The van der Waals surface area contributed by atoms with Gasteiger partial charge in [0.25, 0.3) is 0 Å². The molecular weight excluding hydrogens is 435 g/mol. The van der Waals surface area contributed by atoms with Gasteiger partial charge in [-0.3, -0.25) is 20.4 Å². The van der Waals surface area contributed by atoms with E-state index in [1.165, 1.54) is 6.07 Å². The second-order valence-electron chi connectivity index (χ2n) is 8.70. The number of halogens is 1. The average Bonchev–Trinajstić information content (AvgIpc) is 3.27. The summed E-state index contributed by atoms with van der Waals surface area (Å²) in [6.07, 6.45) is 2.65. The molecule has 8 heteroatoms. The summed E-state index contributed by atoms with van der Waals surface area (Å²) in [6.45, 7) is 6.89. The van der Waals surface area contributed by atoms with Crippen LogP contribution in [0.4, 0.5) is 4.39 Å². The molecule has 7 nitrogen and oxygen atoms in total. The summed E-state index contributed by atoms with van der Waals surface area (Å²) in [5, 5.41) is 13.8. The monoisotopic (exact) mass is 464 g/mol. The lowest BCUT2D eigenvalue weighted by atomic mass is 9.90. The van der Waals surface area contributed by atoms with Crippen molar-refractivity contribution < 1.29 is 18.8 Å². The fourth-order valence-corrected chi connectivity index (χ4v) is 4.63. The maximum absolute atomic E-state index is 15.0. The van der Waals surface area contributed by atoms with E-state index in [2.05, 4.69) is 16.9 Å². The molecule has 0 bridgehead atoms. The van der Waals surface area contributed by atoms with E-state index in [9.17, 15) is 9.90 Å². The lowest BCUT2D eigenvalue weighted by Gasteiger charge is -2.38.